The van der Waals surface area contributed by atoms with Crippen molar-refractivity contribution < 1.29 is 10.3 Å². The van der Waals surface area contributed by atoms with Crippen molar-refractivity contribution in [3.8, 4) is 5.75 Å². The Labute approximate surface area is 74.9 Å². The third-order valence-corrected chi connectivity index (χ3v) is 1.68. The highest BCUT2D eigenvalue weighted by molar-refractivity contribution is 6.30. The van der Waals surface area contributed by atoms with Gasteiger partial charge in [0.25, 0.3) is 0 Å². The van der Waals surface area contributed by atoms with Crippen molar-refractivity contribution in [1.29, 1.82) is 0 Å². The Bertz CT molecular complexity index is 299. The van der Waals surface area contributed by atoms with Gasteiger partial charge in [0.1, 0.15) is 5.75 Å². The van der Waals surface area contributed by atoms with E-state index in [2.05, 4.69) is 5.16 Å². The molecule has 0 spiro atoms. The molecule has 1 aromatic rings. The zero-order valence-electron chi connectivity index (χ0n) is 6.24. The molecule has 0 aromatic heterocycles. The van der Waals surface area contributed by atoms with E-state index in [0.717, 1.165) is 0 Å². The summed E-state index contributed by atoms with van der Waals surface area (Å²) in [7, 11) is 0. The summed E-state index contributed by atoms with van der Waals surface area (Å²) in [6.45, 7) is 0. The maximum atomic E-state index is 9.29. The van der Waals surface area contributed by atoms with Crippen molar-refractivity contribution >= 4 is 17.8 Å². The predicted octanol–water partition coefficient (Wildman–Crippen LogP) is 2.05. The number of phenolic OH excluding ortho intramolecular Hbond substituents is 1. The topological polar surface area (TPSA) is 52.8 Å². The van der Waals surface area contributed by atoms with E-state index in [1.54, 1.807) is 12.1 Å². The smallest absolute Gasteiger partial charge is 0.120 e. The van der Waals surface area contributed by atoms with E-state index in [-0.39, 0.29) is 5.75 Å². The number of hydrogen-bond acceptors (Lipinski definition) is 3. The van der Waals surface area contributed by atoms with Gasteiger partial charge < -0.3 is 10.3 Å². The van der Waals surface area contributed by atoms with E-state index in [1.165, 1.54) is 12.3 Å². The number of aromatic hydroxyl groups is 1. The second-order valence-electron chi connectivity index (χ2n) is 2.28. The molecule has 4 heteroatoms. The fraction of sp³-hybridized carbons (Fsp3) is 0.125. The third-order valence-electron chi connectivity index (χ3n) is 1.44. The lowest BCUT2D eigenvalue weighted by Gasteiger charge is -1.99. The van der Waals surface area contributed by atoms with Gasteiger partial charge in [-0.3, -0.25) is 0 Å². The van der Waals surface area contributed by atoms with Crippen LogP contribution < -0.4 is 0 Å². The van der Waals surface area contributed by atoms with E-state index in [1.807, 2.05) is 0 Å². The molecule has 0 saturated carbocycles. The molecule has 0 heterocycles. The highest BCUT2D eigenvalue weighted by atomic mass is 35.5. The number of phenols is 1. The Morgan fingerprint density at radius 3 is 2.83 bits per heavy atom. The van der Waals surface area contributed by atoms with E-state index >= 15 is 0 Å². The minimum absolute atomic E-state index is 0.113. The number of oxime groups is 1. The molecule has 2 N–H and O–H groups in total. The zero-order valence-corrected chi connectivity index (χ0v) is 6.99. The van der Waals surface area contributed by atoms with Gasteiger partial charge >= 0.3 is 0 Å². The highest BCUT2D eigenvalue weighted by Crippen LogP contribution is 2.21. The summed E-state index contributed by atoms with van der Waals surface area (Å²) in [5.74, 6) is 0.113. The number of hydrogen-bond donors (Lipinski definition) is 2. The highest BCUT2D eigenvalue weighted by Gasteiger charge is 1.99. The Morgan fingerprint density at radius 2 is 2.25 bits per heavy atom. The molecule has 0 aliphatic carbocycles. The van der Waals surface area contributed by atoms with Crippen LogP contribution in [0.1, 0.15) is 5.56 Å². The average Bonchev–Trinajstić information content (AvgIpc) is 2.03. The van der Waals surface area contributed by atoms with Crippen LogP contribution in [0.15, 0.2) is 23.4 Å². The molecule has 0 bridgehead atoms. The number of halogens is 1. The van der Waals surface area contributed by atoms with Crippen LogP contribution in [0.5, 0.6) is 5.75 Å². The molecule has 0 fully saturated rings. The van der Waals surface area contributed by atoms with Crippen LogP contribution in [-0.2, 0) is 6.42 Å². The molecule has 1 rings (SSSR count). The summed E-state index contributed by atoms with van der Waals surface area (Å²) >= 11 is 5.61. The molecular weight excluding hydrogens is 178 g/mol. The summed E-state index contributed by atoms with van der Waals surface area (Å²) < 4.78 is 0. The van der Waals surface area contributed by atoms with Crippen LogP contribution in [0.2, 0.25) is 5.02 Å². The minimum atomic E-state index is 0.113. The number of nitrogens with zero attached hydrogens (tertiary/aromatic N) is 1. The van der Waals surface area contributed by atoms with Crippen molar-refractivity contribution in [2.24, 2.45) is 5.16 Å². The van der Waals surface area contributed by atoms with Gasteiger partial charge in [0.05, 0.1) is 0 Å². The van der Waals surface area contributed by atoms with Gasteiger partial charge in [-0.2, -0.15) is 0 Å². The second kappa shape index (κ2) is 3.97. The van der Waals surface area contributed by atoms with Gasteiger partial charge in [0.2, 0.25) is 0 Å². The quantitative estimate of drug-likeness (QED) is 0.421. The molecule has 0 saturated heterocycles. The molecule has 64 valence electrons. The maximum Gasteiger partial charge on any atom is 0.120 e. The SMILES string of the molecule is ON=CCc1ccc(Cl)cc1O. The van der Waals surface area contributed by atoms with Gasteiger partial charge in [0, 0.05) is 17.7 Å². The molecule has 1 aromatic carbocycles. The van der Waals surface area contributed by atoms with E-state index in [9.17, 15) is 5.11 Å². The normalized spacial score (nSPS) is 10.8. The lowest BCUT2D eigenvalue weighted by Crippen LogP contribution is -1.86. The summed E-state index contributed by atoms with van der Waals surface area (Å²) in [5, 5.41) is 20.7. The van der Waals surface area contributed by atoms with Gasteiger partial charge in [-0.1, -0.05) is 17.7 Å². The minimum Gasteiger partial charge on any atom is -0.508 e. The van der Waals surface area contributed by atoms with E-state index in [0.29, 0.717) is 17.0 Å². The molecule has 0 aliphatic rings. The Kier molecular flexibility index (Phi) is 2.94. The number of benzene rings is 1. The van der Waals surface area contributed by atoms with Crippen LogP contribution in [-0.4, -0.2) is 16.5 Å². The van der Waals surface area contributed by atoms with E-state index in [4.69, 9.17) is 16.8 Å². The van der Waals surface area contributed by atoms with E-state index < -0.39 is 0 Å². The maximum absolute atomic E-state index is 9.29. The molecular formula is C8H8ClNO2. The number of rotatable bonds is 2. The molecule has 3 nitrogen and oxygen atoms in total. The van der Waals surface area contributed by atoms with Crippen LogP contribution >= 0.6 is 11.6 Å². The second-order valence-corrected chi connectivity index (χ2v) is 2.71. The average molecular weight is 186 g/mol. The van der Waals surface area contributed by atoms with Crippen LogP contribution in [0, 0.1) is 0 Å². The van der Waals surface area contributed by atoms with Crippen LogP contribution in [0.3, 0.4) is 0 Å². The Balaban J connectivity index is 2.86. The molecule has 12 heavy (non-hydrogen) atoms. The summed E-state index contributed by atoms with van der Waals surface area (Å²) in [4.78, 5) is 0. The van der Waals surface area contributed by atoms with Gasteiger partial charge in [-0.15, -0.1) is 5.16 Å². The van der Waals surface area contributed by atoms with Crippen molar-refractivity contribution in [2.45, 2.75) is 6.42 Å². The Morgan fingerprint density at radius 1 is 1.50 bits per heavy atom. The third kappa shape index (κ3) is 2.13. The summed E-state index contributed by atoms with van der Waals surface area (Å²) in [5.41, 5.74) is 0.678. The fourth-order valence-corrected chi connectivity index (χ4v) is 1.02. The lowest BCUT2D eigenvalue weighted by molar-refractivity contribution is 0.320. The van der Waals surface area contributed by atoms with Crippen molar-refractivity contribution in [3.05, 3.63) is 28.8 Å². The summed E-state index contributed by atoms with van der Waals surface area (Å²) in [6, 6.07) is 4.79. The predicted molar refractivity (Wildman–Crippen MR) is 47.1 cm³/mol. The molecule has 0 unspecified atom stereocenters. The Hall–Kier alpha value is -1.22. The molecule has 0 aliphatic heterocycles. The largest absolute Gasteiger partial charge is 0.508 e. The molecule has 0 atom stereocenters. The first kappa shape index (κ1) is 8.87. The fourth-order valence-electron chi connectivity index (χ4n) is 0.849. The van der Waals surface area contributed by atoms with Gasteiger partial charge in [-0.05, 0) is 17.7 Å². The van der Waals surface area contributed by atoms with Crippen molar-refractivity contribution in [3.63, 3.8) is 0 Å². The first-order valence-corrected chi connectivity index (χ1v) is 3.75. The zero-order chi connectivity index (χ0) is 8.97. The van der Waals surface area contributed by atoms with Gasteiger partial charge in [-0.25, -0.2) is 0 Å². The standard InChI is InChI=1S/C8H8ClNO2/c9-7-2-1-6(3-4-10-12)8(11)5-7/h1-2,4-5,11-12H,3H2. The monoisotopic (exact) mass is 185 g/mol. The van der Waals surface area contributed by atoms with Crippen LogP contribution in [0.25, 0.3) is 0 Å². The lowest BCUT2D eigenvalue weighted by atomic mass is 10.1. The van der Waals surface area contributed by atoms with Crippen molar-refractivity contribution in [1.82, 2.24) is 0 Å². The van der Waals surface area contributed by atoms with Crippen LogP contribution in [0.4, 0.5) is 0 Å². The molecule has 0 amide bonds. The molecule has 0 radical (unpaired) electrons. The summed E-state index contributed by atoms with van der Waals surface area (Å²) in [6.07, 6.45) is 1.68. The van der Waals surface area contributed by atoms with Gasteiger partial charge in [0.15, 0.2) is 0 Å². The van der Waals surface area contributed by atoms with Crippen molar-refractivity contribution in [2.75, 3.05) is 0 Å². The first-order chi connectivity index (χ1) is 5.74. The first-order valence-electron chi connectivity index (χ1n) is 3.37.